The maximum Gasteiger partial charge on any atom is 0.322 e. The van der Waals surface area contributed by atoms with Gasteiger partial charge in [-0.15, -0.1) is 0 Å². The van der Waals surface area contributed by atoms with Crippen LogP contribution in [0.3, 0.4) is 0 Å². The number of carbonyl (C=O) groups is 2. The first-order chi connectivity index (χ1) is 13.4. The number of aromatic hydroxyl groups is 1. The van der Waals surface area contributed by atoms with E-state index in [0.717, 1.165) is 5.56 Å². The summed E-state index contributed by atoms with van der Waals surface area (Å²) in [7, 11) is 0. The van der Waals surface area contributed by atoms with Crippen molar-refractivity contribution in [3.63, 3.8) is 0 Å². The van der Waals surface area contributed by atoms with Gasteiger partial charge in [0.1, 0.15) is 18.3 Å². The van der Waals surface area contributed by atoms with Gasteiger partial charge in [0.2, 0.25) is 0 Å². The molecule has 0 fully saturated rings. The molecule has 3 aromatic rings. The molecular weight excluding hydrogens is 362 g/mol. The number of nitrogens with one attached hydrogen (secondary N) is 1. The molecule has 1 aromatic heterocycles. The Hall–Kier alpha value is -4.12. The second-order valence-corrected chi connectivity index (χ2v) is 5.95. The molecule has 8 nitrogen and oxygen atoms in total. The maximum atomic E-state index is 12.5. The molecule has 0 spiro atoms. The van der Waals surface area contributed by atoms with E-state index in [0.29, 0.717) is 10.8 Å². The number of phenolic OH excluding ortho intramolecular Hbond substituents is 1. The topological polar surface area (TPSA) is 133 Å². The first kappa shape index (κ1) is 18.7. The van der Waals surface area contributed by atoms with E-state index < -0.39 is 18.4 Å². The Bertz CT molecular complexity index is 1130. The van der Waals surface area contributed by atoms with Crippen molar-refractivity contribution in [3.8, 4) is 23.3 Å². The van der Waals surface area contributed by atoms with E-state index in [1.807, 2.05) is 6.07 Å². The first-order valence-electron chi connectivity index (χ1n) is 8.21. The second-order valence-electron chi connectivity index (χ2n) is 5.95. The van der Waals surface area contributed by atoms with E-state index in [1.54, 1.807) is 37.3 Å². The molecule has 28 heavy (non-hydrogen) atoms. The SMILES string of the molecule is Cc1ccc(Oc2c(C(=O)NCC(=O)O)nc(C#N)c3ccccc23)c(O)c1. The maximum absolute atomic E-state index is 12.5. The fraction of sp³-hybridized carbons (Fsp3) is 0.100. The van der Waals surface area contributed by atoms with Gasteiger partial charge in [-0.05, 0) is 24.6 Å². The number of aliphatic carboxylic acids is 1. The molecule has 0 aliphatic rings. The lowest BCUT2D eigenvalue weighted by atomic mass is 10.1. The van der Waals surface area contributed by atoms with Crippen molar-refractivity contribution in [2.75, 3.05) is 6.54 Å². The molecule has 140 valence electrons. The van der Waals surface area contributed by atoms with Gasteiger partial charge in [-0.1, -0.05) is 30.3 Å². The van der Waals surface area contributed by atoms with Gasteiger partial charge in [-0.2, -0.15) is 5.26 Å². The Morgan fingerprint density at radius 3 is 2.57 bits per heavy atom. The standard InChI is InChI=1S/C20H15N3O5/c1-11-6-7-16(15(24)8-11)28-19-13-5-3-2-4-12(13)14(9-21)23-18(19)20(27)22-10-17(25)26/h2-8,24H,10H2,1H3,(H,22,27)(H,25,26). The number of aryl methyl sites for hydroxylation is 1. The fourth-order valence-corrected chi connectivity index (χ4v) is 2.64. The lowest BCUT2D eigenvalue weighted by molar-refractivity contribution is -0.135. The van der Waals surface area contributed by atoms with Crippen LogP contribution in [-0.4, -0.2) is 33.6 Å². The molecule has 0 saturated heterocycles. The van der Waals surface area contributed by atoms with Crippen molar-refractivity contribution < 1.29 is 24.5 Å². The number of amides is 1. The van der Waals surface area contributed by atoms with Gasteiger partial charge in [-0.3, -0.25) is 9.59 Å². The lowest BCUT2D eigenvalue weighted by Crippen LogP contribution is -2.30. The molecule has 8 heteroatoms. The number of hydrogen-bond acceptors (Lipinski definition) is 6. The highest BCUT2D eigenvalue weighted by Crippen LogP contribution is 2.37. The average Bonchev–Trinajstić information content (AvgIpc) is 2.68. The third-order valence-electron chi connectivity index (χ3n) is 3.91. The van der Waals surface area contributed by atoms with Gasteiger partial charge in [0, 0.05) is 10.8 Å². The van der Waals surface area contributed by atoms with Crippen molar-refractivity contribution in [1.82, 2.24) is 10.3 Å². The molecule has 0 unspecified atom stereocenters. The number of nitriles is 1. The number of phenols is 1. The highest BCUT2D eigenvalue weighted by molar-refractivity contribution is 6.04. The number of carbonyl (C=O) groups excluding carboxylic acids is 1. The zero-order valence-corrected chi connectivity index (χ0v) is 14.8. The van der Waals surface area contributed by atoms with Gasteiger partial charge in [0.05, 0.1) is 0 Å². The number of rotatable bonds is 5. The minimum Gasteiger partial charge on any atom is -0.504 e. The number of hydrogen-bond donors (Lipinski definition) is 3. The number of carboxylic acids is 1. The summed E-state index contributed by atoms with van der Waals surface area (Å²) in [6.45, 7) is 1.18. The molecule has 2 aromatic carbocycles. The zero-order chi connectivity index (χ0) is 20.3. The highest BCUT2D eigenvalue weighted by Gasteiger charge is 2.22. The van der Waals surface area contributed by atoms with Crippen LogP contribution in [0.4, 0.5) is 0 Å². The summed E-state index contributed by atoms with van der Waals surface area (Å²) < 4.78 is 5.81. The summed E-state index contributed by atoms with van der Waals surface area (Å²) in [5.41, 5.74) is 0.556. The lowest BCUT2D eigenvalue weighted by Gasteiger charge is -2.15. The predicted octanol–water partition coefficient (Wildman–Crippen LogP) is 2.73. The minimum atomic E-state index is -1.23. The fourth-order valence-electron chi connectivity index (χ4n) is 2.64. The molecule has 3 N–H and O–H groups in total. The predicted molar refractivity (Wildman–Crippen MR) is 99.3 cm³/mol. The summed E-state index contributed by atoms with van der Waals surface area (Å²) in [4.78, 5) is 27.4. The van der Waals surface area contributed by atoms with Gasteiger partial charge in [0.15, 0.2) is 22.9 Å². The third kappa shape index (κ3) is 3.68. The third-order valence-corrected chi connectivity index (χ3v) is 3.91. The zero-order valence-electron chi connectivity index (χ0n) is 14.8. The molecule has 1 heterocycles. The molecule has 1 amide bonds. The molecule has 0 aliphatic heterocycles. The molecule has 0 bridgehead atoms. The Morgan fingerprint density at radius 2 is 1.93 bits per heavy atom. The summed E-state index contributed by atoms with van der Waals surface area (Å²) in [6, 6.07) is 13.4. The van der Waals surface area contributed by atoms with E-state index in [-0.39, 0.29) is 28.6 Å². The summed E-state index contributed by atoms with van der Waals surface area (Å²) in [5, 5.41) is 31.4. The van der Waals surface area contributed by atoms with Gasteiger partial charge < -0.3 is 20.3 Å². The van der Waals surface area contributed by atoms with Crippen LogP contribution >= 0.6 is 0 Å². The van der Waals surface area contributed by atoms with E-state index >= 15 is 0 Å². The van der Waals surface area contributed by atoms with Crippen molar-refractivity contribution >= 4 is 22.6 Å². The summed E-state index contributed by atoms with van der Waals surface area (Å²) in [6.07, 6.45) is 0. The van der Waals surface area contributed by atoms with Crippen molar-refractivity contribution in [3.05, 3.63) is 59.4 Å². The Kier molecular flexibility index (Phi) is 5.09. The van der Waals surface area contributed by atoms with E-state index in [2.05, 4.69) is 10.3 Å². The summed E-state index contributed by atoms with van der Waals surface area (Å²) in [5.74, 6) is -2.07. The van der Waals surface area contributed by atoms with E-state index in [4.69, 9.17) is 9.84 Å². The molecule has 0 saturated carbocycles. The molecule has 0 atom stereocenters. The molecule has 3 rings (SSSR count). The van der Waals surface area contributed by atoms with Crippen LogP contribution in [0.25, 0.3) is 10.8 Å². The van der Waals surface area contributed by atoms with E-state index in [9.17, 15) is 20.0 Å². The smallest absolute Gasteiger partial charge is 0.322 e. The monoisotopic (exact) mass is 377 g/mol. The highest BCUT2D eigenvalue weighted by atomic mass is 16.5. The van der Waals surface area contributed by atoms with Crippen LogP contribution in [0.2, 0.25) is 0 Å². The van der Waals surface area contributed by atoms with Crippen molar-refractivity contribution in [2.45, 2.75) is 6.92 Å². The van der Waals surface area contributed by atoms with Crippen molar-refractivity contribution in [2.24, 2.45) is 0 Å². The number of carboxylic acid groups (broad SMARTS) is 1. The average molecular weight is 377 g/mol. The normalized spacial score (nSPS) is 10.3. The van der Waals surface area contributed by atoms with Crippen LogP contribution in [0.15, 0.2) is 42.5 Å². The Labute approximate surface area is 159 Å². The first-order valence-corrected chi connectivity index (χ1v) is 8.21. The molecular formula is C20H15N3O5. The largest absolute Gasteiger partial charge is 0.504 e. The quantitative estimate of drug-likeness (QED) is 0.622. The van der Waals surface area contributed by atoms with Crippen LogP contribution < -0.4 is 10.1 Å². The van der Waals surface area contributed by atoms with Crippen LogP contribution in [-0.2, 0) is 4.79 Å². The Balaban J connectivity index is 2.19. The van der Waals surface area contributed by atoms with E-state index in [1.165, 1.54) is 12.1 Å². The number of fused-ring (bicyclic) bond motifs is 1. The van der Waals surface area contributed by atoms with Gasteiger partial charge in [-0.25, -0.2) is 4.98 Å². The van der Waals surface area contributed by atoms with Gasteiger partial charge in [0.25, 0.3) is 5.91 Å². The van der Waals surface area contributed by atoms with Crippen LogP contribution in [0, 0.1) is 18.3 Å². The van der Waals surface area contributed by atoms with Crippen LogP contribution in [0.5, 0.6) is 17.2 Å². The van der Waals surface area contributed by atoms with Gasteiger partial charge >= 0.3 is 5.97 Å². The summed E-state index contributed by atoms with van der Waals surface area (Å²) >= 11 is 0. The second kappa shape index (κ2) is 7.63. The Morgan fingerprint density at radius 1 is 1.21 bits per heavy atom. The minimum absolute atomic E-state index is 0.00319. The molecule has 0 aliphatic carbocycles. The number of aromatic nitrogens is 1. The number of pyridine rings is 1. The number of nitrogens with zero attached hydrogens (tertiary/aromatic N) is 2. The molecule has 0 radical (unpaired) electrons. The number of benzene rings is 2. The van der Waals surface area contributed by atoms with Crippen LogP contribution in [0.1, 0.15) is 21.7 Å². The van der Waals surface area contributed by atoms with Crippen molar-refractivity contribution in [1.29, 1.82) is 5.26 Å². The number of ether oxygens (including phenoxy) is 1.